The van der Waals surface area contributed by atoms with Gasteiger partial charge in [0.2, 0.25) is 0 Å². The third-order valence-corrected chi connectivity index (χ3v) is 4.71. The summed E-state index contributed by atoms with van der Waals surface area (Å²) in [6.07, 6.45) is 3.55. The number of aliphatic hydroxyl groups excluding tert-OH is 1. The van der Waals surface area contributed by atoms with Gasteiger partial charge in [-0.25, -0.2) is 4.98 Å². The molecule has 7 nitrogen and oxygen atoms in total. The van der Waals surface area contributed by atoms with Gasteiger partial charge in [-0.05, 0) is 30.7 Å². The molecule has 0 atom stereocenters. The zero-order valence-electron chi connectivity index (χ0n) is 15.4. The molecule has 1 amide bonds. The fraction of sp³-hybridized carbons (Fsp3) is 0.474. The van der Waals surface area contributed by atoms with Crippen molar-refractivity contribution in [3.8, 4) is 0 Å². The van der Waals surface area contributed by atoms with E-state index in [1.54, 1.807) is 11.1 Å². The summed E-state index contributed by atoms with van der Waals surface area (Å²) in [6, 6.07) is 5.80. The van der Waals surface area contributed by atoms with Crippen LogP contribution in [0.15, 0.2) is 30.6 Å². The first kappa shape index (κ1) is 18.4. The van der Waals surface area contributed by atoms with E-state index < -0.39 is 0 Å². The number of rotatable bonds is 6. The molecule has 2 aromatic rings. The first-order valence-electron chi connectivity index (χ1n) is 8.90. The van der Waals surface area contributed by atoms with Crippen molar-refractivity contribution in [1.29, 1.82) is 0 Å². The number of morpholine rings is 1. The number of nitrogens with zero attached hydrogens (tertiary/aromatic N) is 4. The fourth-order valence-electron chi connectivity index (χ4n) is 3.22. The van der Waals surface area contributed by atoms with Gasteiger partial charge >= 0.3 is 0 Å². The zero-order chi connectivity index (χ0) is 18.5. The van der Waals surface area contributed by atoms with Gasteiger partial charge in [0.25, 0.3) is 5.91 Å². The van der Waals surface area contributed by atoms with Crippen molar-refractivity contribution in [3.63, 3.8) is 0 Å². The number of ether oxygens (including phenoxy) is 1. The number of imidazole rings is 1. The van der Waals surface area contributed by atoms with Gasteiger partial charge in [0.1, 0.15) is 5.82 Å². The van der Waals surface area contributed by atoms with Crippen LogP contribution in [0.1, 0.15) is 21.7 Å². The smallest absolute Gasteiger partial charge is 0.254 e. The minimum Gasteiger partial charge on any atom is -0.395 e. The molecule has 1 saturated heterocycles. The van der Waals surface area contributed by atoms with Gasteiger partial charge in [-0.1, -0.05) is 0 Å². The number of hydrogen-bond acceptors (Lipinski definition) is 5. The molecular formula is C19H26N4O3. The second kappa shape index (κ2) is 8.33. The topological polar surface area (TPSA) is 70.8 Å². The first-order valence-corrected chi connectivity index (χ1v) is 8.90. The van der Waals surface area contributed by atoms with Crippen molar-refractivity contribution < 1.29 is 14.6 Å². The van der Waals surface area contributed by atoms with Crippen LogP contribution in [0.2, 0.25) is 0 Å². The number of amides is 1. The number of carbonyl (C=O) groups excluding carboxylic acids is 1. The number of aryl methyl sites for hydroxylation is 2. The van der Waals surface area contributed by atoms with E-state index in [9.17, 15) is 9.90 Å². The maximum atomic E-state index is 13.0. The molecule has 0 bridgehead atoms. The molecule has 0 spiro atoms. The SMILES string of the molecule is Cc1cc(C(=O)N(CCO)Cc2nccn2C)ccc1N1CCOCC1. The second-order valence-electron chi connectivity index (χ2n) is 6.51. The van der Waals surface area contributed by atoms with E-state index in [4.69, 9.17) is 4.74 Å². The average molecular weight is 358 g/mol. The van der Waals surface area contributed by atoms with Gasteiger partial charge in [-0.2, -0.15) is 0 Å². The lowest BCUT2D eigenvalue weighted by Gasteiger charge is -2.30. The predicted octanol–water partition coefficient (Wildman–Crippen LogP) is 1.20. The van der Waals surface area contributed by atoms with Crippen molar-refractivity contribution in [1.82, 2.24) is 14.5 Å². The lowest BCUT2D eigenvalue weighted by Crippen LogP contribution is -2.37. The highest BCUT2D eigenvalue weighted by Gasteiger charge is 2.20. The lowest BCUT2D eigenvalue weighted by atomic mass is 10.1. The Labute approximate surface area is 153 Å². The van der Waals surface area contributed by atoms with Crippen LogP contribution < -0.4 is 4.90 Å². The van der Waals surface area contributed by atoms with Crippen molar-refractivity contribution in [2.75, 3.05) is 44.4 Å². The van der Waals surface area contributed by atoms with Crippen molar-refractivity contribution >= 4 is 11.6 Å². The zero-order valence-corrected chi connectivity index (χ0v) is 15.4. The highest BCUT2D eigenvalue weighted by molar-refractivity contribution is 5.95. The summed E-state index contributed by atoms with van der Waals surface area (Å²) in [5.74, 6) is 0.687. The molecule has 26 heavy (non-hydrogen) atoms. The van der Waals surface area contributed by atoms with Crippen LogP contribution in [0, 0.1) is 6.92 Å². The minimum absolute atomic E-state index is 0.0823. The van der Waals surface area contributed by atoms with Gasteiger partial charge in [-0.15, -0.1) is 0 Å². The first-order chi connectivity index (χ1) is 12.6. The van der Waals surface area contributed by atoms with E-state index in [-0.39, 0.29) is 19.1 Å². The molecule has 1 aromatic carbocycles. The van der Waals surface area contributed by atoms with Gasteiger partial charge in [0.15, 0.2) is 0 Å². The third kappa shape index (κ3) is 4.05. The van der Waals surface area contributed by atoms with Crippen LogP contribution in [0.3, 0.4) is 0 Å². The standard InChI is InChI=1S/C19H26N4O3/c1-15-13-16(3-4-17(15)22-8-11-26-12-9-22)19(25)23(7-10-24)14-18-20-5-6-21(18)2/h3-6,13,24H,7-12,14H2,1-2H3. The number of benzene rings is 1. The summed E-state index contributed by atoms with van der Waals surface area (Å²) in [6.45, 7) is 5.77. The summed E-state index contributed by atoms with van der Waals surface area (Å²) >= 11 is 0. The molecule has 1 aromatic heterocycles. The summed E-state index contributed by atoms with van der Waals surface area (Å²) in [5.41, 5.74) is 2.84. The Hall–Kier alpha value is -2.38. The van der Waals surface area contributed by atoms with Gasteiger partial charge in [0, 0.05) is 50.3 Å². The molecule has 1 fully saturated rings. The Morgan fingerprint density at radius 3 is 2.73 bits per heavy atom. The van der Waals surface area contributed by atoms with Crippen LogP contribution in [-0.2, 0) is 18.3 Å². The Kier molecular flexibility index (Phi) is 5.90. The minimum atomic E-state index is -0.0984. The van der Waals surface area contributed by atoms with Crippen LogP contribution in [-0.4, -0.2) is 64.9 Å². The number of hydrogen-bond donors (Lipinski definition) is 1. The molecular weight excluding hydrogens is 332 g/mol. The maximum absolute atomic E-state index is 13.0. The second-order valence-corrected chi connectivity index (χ2v) is 6.51. The summed E-state index contributed by atoms with van der Waals surface area (Å²) in [4.78, 5) is 21.1. The maximum Gasteiger partial charge on any atom is 0.254 e. The normalized spacial score (nSPS) is 14.5. The summed E-state index contributed by atoms with van der Waals surface area (Å²) in [5, 5.41) is 9.36. The number of aromatic nitrogens is 2. The largest absolute Gasteiger partial charge is 0.395 e. The molecule has 7 heteroatoms. The molecule has 140 valence electrons. The van der Waals surface area contributed by atoms with Crippen molar-refractivity contribution in [2.45, 2.75) is 13.5 Å². The number of carbonyl (C=O) groups is 1. The van der Waals surface area contributed by atoms with E-state index in [0.29, 0.717) is 12.1 Å². The molecule has 1 aliphatic rings. The Morgan fingerprint density at radius 1 is 1.35 bits per heavy atom. The monoisotopic (exact) mass is 358 g/mol. The summed E-state index contributed by atoms with van der Waals surface area (Å²) < 4.78 is 7.29. The van der Waals surface area contributed by atoms with Gasteiger partial charge < -0.3 is 24.2 Å². The molecule has 0 radical (unpaired) electrons. The van der Waals surface area contributed by atoms with Crippen LogP contribution in [0.25, 0.3) is 0 Å². The van der Waals surface area contributed by atoms with E-state index in [2.05, 4.69) is 9.88 Å². The number of anilines is 1. The van der Waals surface area contributed by atoms with E-state index >= 15 is 0 Å². The van der Waals surface area contributed by atoms with Crippen LogP contribution in [0.5, 0.6) is 0 Å². The van der Waals surface area contributed by atoms with Gasteiger partial charge in [0.05, 0.1) is 26.4 Å². The lowest BCUT2D eigenvalue weighted by molar-refractivity contribution is 0.0701. The van der Waals surface area contributed by atoms with E-state index in [1.165, 1.54) is 0 Å². The van der Waals surface area contributed by atoms with E-state index in [0.717, 1.165) is 43.4 Å². The molecule has 0 unspecified atom stereocenters. The molecule has 1 N–H and O–H groups in total. The molecule has 0 saturated carbocycles. The van der Waals surface area contributed by atoms with E-state index in [1.807, 2.05) is 42.9 Å². The highest BCUT2D eigenvalue weighted by atomic mass is 16.5. The van der Waals surface area contributed by atoms with Gasteiger partial charge in [-0.3, -0.25) is 4.79 Å². The average Bonchev–Trinajstić information content (AvgIpc) is 3.06. The third-order valence-electron chi connectivity index (χ3n) is 4.71. The Bertz CT molecular complexity index is 753. The Balaban J connectivity index is 1.78. The molecule has 2 heterocycles. The van der Waals surface area contributed by atoms with Crippen molar-refractivity contribution in [2.24, 2.45) is 7.05 Å². The predicted molar refractivity (Wildman–Crippen MR) is 99.2 cm³/mol. The Morgan fingerprint density at radius 2 is 2.12 bits per heavy atom. The van der Waals surface area contributed by atoms with Crippen molar-refractivity contribution in [3.05, 3.63) is 47.5 Å². The molecule has 1 aliphatic heterocycles. The number of aliphatic hydroxyl groups is 1. The quantitative estimate of drug-likeness (QED) is 0.840. The van der Waals surface area contributed by atoms with Crippen LogP contribution >= 0.6 is 0 Å². The molecule has 3 rings (SSSR count). The molecule has 0 aliphatic carbocycles. The fourth-order valence-corrected chi connectivity index (χ4v) is 3.22. The highest BCUT2D eigenvalue weighted by Crippen LogP contribution is 2.23. The summed E-state index contributed by atoms with van der Waals surface area (Å²) in [7, 11) is 1.89. The van der Waals surface area contributed by atoms with Crippen LogP contribution in [0.4, 0.5) is 5.69 Å².